The average molecular weight is 403 g/mol. The fourth-order valence-corrected chi connectivity index (χ4v) is 3.41. The van der Waals surface area contributed by atoms with Crippen LogP contribution in [0.4, 0.5) is 13.2 Å². The average Bonchev–Trinajstić information content (AvgIpc) is 3.14. The number of ether oxygens (including phenoxy) is 1. The maximum absolute atomic E-state index is 12.7. The largest absolute Gasteiger partial charge is 0.487 e. The van der Waals surface area contributed by atoms with Crippen molar-refractivity contribution in [1.29, 1.82) is 0 Å². The Morgan fingerprint density at radius 3 is 2.54 bits per heavy atom. The molecule has 0 bridgehead atoms. The Balaban J connectivity index is 1.47. The number of fused-ring (bicyclic) bond motifs is 1. The number of alkyl halides is 3. The molecule has 0 spiro atoms. The summed E-state index contributed by atoms with van der Waals surface area (Å²) in [6.45, 7) is 0.180. The third kappa shape index (κ3) is 3.91. The molecule has 28 heavy (non-hydrogen) atoms. The molecule has 4 aromatic rings. The van der Waals surface area contributed by atoms with E-state index in [0.717, 1.165) is 17.5 Å². The minimum atomic E-state index is -4.36. The predicted octanol–water partition coefficient (Wildman–Crippen LogP) is 5.51. The summed E-state index contributed by atoms with van der Waals surface area (Å²) in [5, 5.41) is 3.18. The van der Waals surface area contributed by atoms with Crippen LogP contribution in [0.15, 0.2) is 69.2 Å². The zero-order valence-corrected chi connectivity index (χ0v) is 15.0. The van der Waals surface area contributed by atoms with Crippen molar-refractivity contribution in [2.75, 3.05) is 0 Å². The van der Waals surface area contributed by atoms with E-state index in [1.807, 2.05) is 0 Å². The molecule has 0 aliphatic carbocycles. The van der Waals surface area contributed by atoms with Gasteiger partial charge in [0.1, 0.15) is 22.9 Å². The smallest absolute Gasteiger partial charge is 0.416 e. The van der Waals surface area contributed by atoms with Gasteiger partial charge in [-0.25, -0.2) is 9.78 Å². The van der Waals surface area contributed by atoms with Crippen molar-refractivity contribution >= 4 is 22.3 Å². The van der Waals surface area contributed by atoms with Crippen LogP contribution in [0.1, 0.15) is 11.3 Å². The van der Waals surface area contributed by atoms with Gasteiger partial charge in [-0.1, -0.05) is 12.1 Å². The molecule has 8 heteroatoms. The van der Waals surface area contributed by atoms with Crippen molar-refractivity contribution in [2.24, 2.45) is 0 Å². The minimum absolute atomic E-state index is 0.180. The summed E-state index contributed by atoms with van der Waals surface area (Å²) in [4.78, 5) is 15.7. The number of hydrogen-bond donors (Lipinski definition) is 0. The third-order valence-electron chi connectivity index (χ3n) is 3.99. The van der Waals surface area contributed by atoms with Crippen LogP contribution in [0.2, 0.25) is 0 Å². The molecule has 0 saturated carbocycles. The van der Waals surface area contributed by atoms with Gasteiger partial charge in [-0.05, 0) is 30.3 Å². The summed E-state index contributed by atoms with van der Waals surface area (Å²) in [5.74, 6) is 0.519. The predicted molar refractivity (Wildman–Crippen MR) is 99.4 cm³/mol. The van der Waals surface area contributed by atoms with Gasteiger partial charge in [0.15, 0.2) is 0 Å². The lowest BCUT2D eigenvalue weighted by atomic mass is 10.1. The summed E-state index contributed by atoms with van der Waals surface area (Å²) in [5.41, 5.74) is 0.546. The highest BCUT2D eigenvalue weighted by molar-refractivity contribution is 7.13. The summed E-state index contributed by atoms with van der Waals surface area (Å²) >= 11 is 1.32. The van der Waals surface area contributed by atoms with Crippen molar-refractivity contribution in [3.05, 3.63) is 81.7 Å². The zero-order valence-electron chi connectivity index (χ0n) is 14.2. The van der Waals surface area contributed by atoms with E-state index in [1.165, 1.54) is 29.5 Å². The highest BCUT2D eigenvalue weighted by Crippen LogP contribution is 2.32. The number of thiazole rings is 1. The standard InChI is InChI=1S/C20H12F3NO3S/c21-20(22,23)14-5-1-13(2-6-14)19-24-15(11-28-19)10-26-16-7-3-12-4-8-18(25)27-17(12)9-16/h1-9,11H,10H2. The van der Waals surface area contributed by atoms with Crippen LogP contribution in [0, 0.1) is 0 Å². The van der Waals surface area contributed by atoms with Gasteiger partial charge in [-0.3, -0.25) is 0 Å². The molecule has 2 heterocycles. The molecule has 4 rings (SSSR count). The van der Waals surface area contributed by atoms with Crippen molar-refractivity contribution in [2.45, 2.75) is 12.8 Å². The van der Waals surface area contributed by atoms with Crippen LogP contribution in [0.5, 0.6) is 5.75 Å². The first-order chi connectivity index (χ1) is 13.4. The summed E-state index contributed by atoms with van der Waals surface area (Å²) < 4.78 is 48.8. The highest BCUT2D eigenvalue weighted by atomic mass is 32.1. The second kappa shape index (κ2) is 7.12. The van der Waals surface area contributed by atoms with Gasteiger partial charge in [0.2, 0.25) is 0 Å². The summed E-state index contributed by atoms with van der Waals surface area (Å²) in [7, 11) is 0. The molecule has 0 aliphatic rings. The van der Waals surface area contributed by atoms with Crippen molar-refractivity contribution in [3.8, 4) is 16.3 Å². The molecular formula is C20H12F3NO3S. The Labute approximate surface area is 160 Å². The highest BCUT2D eigenvalue weighted by Gasteiger charge is 2.30. The van der Waals surface area contributed by atoms with E-state index in [4.69, 9.17) is 9.15 Å². The molecule has 0 fully saturated rings. The van der Waals surface area contributed by atoms with E-state index in [2.05, 4.69) is 4.98 Å². The molecule has 0 atom stereocenters. The van der Waals surface area contributed by atoms with E-state index in [0.29, 0.717) is 27.6 Å². The van der Waals surface area contributed by atoms with Crippen molar-refractivity contribution in [3.63, 3.8) is 0 Å². The minimum Gasteiger partial charge on any atom is -0.487 e. The number of halogens is 3. The van der Waals surface area contributed by atoms with Crippen molar-refractivity contribution in [1.82, 2.24) is 4.98 Å². The molecule has 142 valence electrons. The lowest BCUT2D eigenvalue weighted by Crippen LogP contribution is -2.03. The summed E-state index contributed by atoms with van der Waals surface area (Å²) in [6, 6.07) is 13.1. The molecular weight excluding hydrogens is 391 g/mol. The first kappa shape index (κ1) is 18.2. The lowest BCUT2D eigenvalue weighted by molar-refractivity contribution is -0.137. The maximum atomic E-state index is 12.7. The molecule has 0 aliphatic heterocycles. The van der Waals surface area contributed by atoms with E-state index in [-0.39, 0.29) is 6.61 Å². The molecule has 2 aromatic carbocycles. The quantitative estimate of drug-likeness (QED) is 0.422. The zero-order chi connectivity index (χ0) is 19.7. The first-order valence-corrected chi connectivity index (χ1v) is 9.05. The Kier molecular flexibility index (Phi) is 4.64. The van der Waals surface area contributed by atoms with E-state index in [9.17, 15) is 18.0 Å². The molecule has 0 unspecified atom stereocenters. The maximum Gasteiger partial charge on any atom is 0.416 e. The van der Waals surface area contributed by atoms with Gasteiger partial charge in [0.25, 0.3) is 0 Å². The molecule has 0 amide bonds. The second-order valence-corrected chi connectivity index (χ2v) is 6.82. The van der Waals surface area contributed by atoms with Crippen LogP contribution < -0.4 is 10.4 Å². The third-order valence-corrected chi connectivity index (χ3v) is 4.93. The number of rotatable bonds is 4. The van der Waals surface area contributed by atoms with Gasteiger partial charge >= 0.3 is 11.8 Å². The summed E-state index contributed by atoms with van der Waals surface area (Å²) in [6.07, 6.45) is -4.36. The number of nitrogens with zero attached hydrogens (tertiary/aromatic N) is 1. The van der Waals surface area contributed by atoms with Gasteiger partial charge in [-0.2, -0.15) is 13.2 Å². The Bertz CT molecular complexity index is 1180. The van der Waals surface area contributed by atoms with Gasteiger partial charge in [0.05, 0.1) is 11.3 Å². The Morgan fingerprint density at radius 1 is 1.04 bits per heavy atom. The van der Waals surface area contributed by atoms with Crippen molar-refractivity contribution < 1.29 is 22.3 Å². The fourth-order valence-electron chi connectivity index (χ4n) is 2.60. The number of hydrogen-bond acceptors (Lipinski definition) is 5. The number of benzene rings is 2. The molecule has 0 saturated heterocycles. The van der Waals surface area contributed by atoms with Gasteiger partial charge in [-0.15, -0.1) is 11.3 Å². The van der Waals surface area contributed by atoms with Gasteiger partial charge < -0.3 is 9.15 Å². The molecule has 2 aromatic heterocycles. The van der Waals surface area contributed by atoms with Crippen LogP contribution in [0.25, 0.3) is 21.5 Å². The SMILES string of the molecule is O=c1ccc2ccc(OCc3csc(-c4ccc(C(F)(F)F)cc4)n3)cc2o1. The molecule has 0 N–H and O–H groups in total. The van der Waals surface area contributed by atoms with Crippen LogP contribution in [-0.2, 0) is 12.8 Å². The second-order valence-electron chi connectivity index (χ2n) is 5.96. The molecule has 4 nitrogen and oxygen atoms in total. The topological polar surface area (TPSA) is 52.3 Å². The fraction of sp³-hybridized carbons (Fsp3) is 0.100. The Morgan fingerprint density at radius 2 is 1.79 bits per heavy atom. The number of aromatic nitrogens is 1. The lowest BCUT2D eigenvalue weighted by Gasteiger charge is -2.06. The van der Waals surface area contributed by atoms with Crippen LogP contribution in [-0.4, -0.2) is 4.98 Å². The Hall–Kier alpha value is -3.13. The first-order valence-electron chi connectivity index (χ1n) is 8.17. The van der Waals surface area contributed by atoms with Crippen LogP contribution >= 0.6 is 11.3 Å². The monoisotopic (exact) mass is 403 g/mol. The van der Waals surface area contributed by atoms with E-state index in [1.54, 1.807) is 29.6 Å². The molecule has 0 radical (unpaired) electrons. The van der Waals surface area contributed by atoms with E-state index >= 15 is 0 Å². The van der Waals surface area contributed by atoms with Crippen LogP contribution in [0.3, 0.4) is 0 Å². The van der Waals surface area contributed by atoms with E-state index < -0.39 is 17.4 Å². The normalized spacial score (nSPS) is 11.7. The van der Waals surface area contributed by atoms with Gasteiger partial charge in [0, 0.05) is 28.5 Å².